The van der Waals surface area contributed by atoms with Crippen LogP contribution in [0.2, 0.25) is 0 Å². The summed E-state index contributed by atoms with van der Waals surface area (Å²) in [4.78, 5) is 14.8. The average Bonchev–Trinajstić information content (AvgIpc) is 2.83. The first kappa shape index (κ1) is 23.7. The van der Waals surface area contributed by atoms with Gasteiger partial charge >= 0.3 is 12.1 Å². The molecule has 8 heteroatoms. The molecule has 4 nitrogen and oxygen atoms in total. The number of alkyl halides is 3. The van der Waals surface area contributed by atoms with Crippen LogP contribution in [0.3, 0.4) is 0 Å². The monoisotopic (exact) mass is 473 g/mol. The van der Waals surface area contributed by atoms with Crippen molar-refractivity contribution in [2.75, 3.05) is 0 Å². The molecule has 0 bridgehead atoms. The minimum atomic E-state index is -4.80. The Morgan fingerprint density at radius 2 is 1.68 bits per heavy atom. The number of rotatable bonds is 6. The van der Waals surface area contributed by atoms with E-state index in [1.54, 1.807) is 18.2 Å². The van der Waals surface area contributed by atoms with E-state index in [-0.39, 0.29) is 28.1 Å². The van der Waals surface area contributed by atoms with Crippen LogP contribution >= 0.6 is 0 Å². The second-order valence-electron chi connectivity index (χ2n) is 8.42. The normalized spacial score (nSPS) is 16.6. The molecule has 178 valence electrons. The fourth-order valence-electron chi connectivity index (χ4n) is 4.67. The fourth-order valence-corrected chi connectivity index (χ4v) is 4.67. The number of hydrogen-bond donors (Lipinski definition) is 1. The van der Waals surface area contributed by atoms with Crippen molar-refractivity contribution in [3.05, 3.63) is 83.9 Å². The van der Waals surface area contributed by atoms with E-state index in [1.165, 1.54) is 42.6 Å². The molecule has 1 atom stereocenters. The summed E-state index contributed by atoms with van der Waals surface area (Å²) in [6.45, 7) is 0. The van der Waals surface area contributed by atoms with Crippen LogP contribution in [0.5, 0.6) is 5.75 Å². The highest BCUT2D eigenvalue weighted by molar-refractivity contribution is 5.85. The van der Waals surface area contributed by atoms with E-state index in [1.807, 2.05) is 0 Å². The van der Waals surface area contributed by atoms with Gasteiger partial charge in [-0.15, -0.1) is 0 Å². The molecule has 1 N–H and O–H groups in total. The van der Waals surface area contributed by atoms with E-state index in [0.717, 1.165) is 12.5 Å². The summed E-state index contributed by atoms with van der Waals surface area (Å²) >= 11 is 0. The third-order valence-corrected chi connectivity index (χ3v) is 6.31. The molecule has 1 fully saturated rings. The van der Waals surface area contributed by atoms with Crippen molar-refractivity contribution in [1.29, 1.82) is 0 Å². The van der Waals surface area contributed by atoms with E-state index in [4.69, 9.17) is 9.84 Å². The largest absolute Gasteiger partial charge is 0.477 e. The van der Waals surface area contributed by atoms with E-state index in [2.05, 4.69) is 4.98 Å². The fraction of sp³-hybridized carbons (Fsp3) is 0.308. The van der Waals surface area contributed by atoms with Crippen LogP contribution in [0.4, 0.5) is 17.6 Å². The number of aromatic nitrogens is 1. The smallest absolute Gasteiger partial charge is 0.432 e. The van der Waals surface area contributed by atoms with Crippen LogP contribution in [0, 0.1) is 11.7 Å². The lowest BCUT2D eigenvalue weighted by atomic mass is 9.72. The first-order valence-corrected chi connectivity index (χ1v) is 11.0. The second-order valence-corrected chi connectivity index (χ2v) is 8.42. The molecule has 1 aliphatic carbocycles. The highest BCUT2D eigenvalue weighted by atomic mass is 19.4. The molecule has 1 heterocycles. The summed E-state index contributed by atoms with van der Waals surface area (Å²) < 4.78 is 65.7. The quantitative estimate of drug-likeness (QED) is 0.392. The molecule has 4 rings (SSSR count). The molecule has 0 spiro atoms. The third-order valence-electron chi connectivity index (χ3n) is 6.31. The molecule has 1 unspecified atom stereocenters. The zero-order chi connectivity index (χ0) is 24.3. The van der Waals surface area contributed by atoms with Gasteiger partial charge in [-0.25, -0.2) is 14.2 Å². The van der Waals surface area contributed by atoms with Gasteiger partial charge in [0.2, 0.25) is 5.60 Å². The molecule has 1 aromatic heterocycles. The summed E-state index contributed by atoms with van der Waals surface area (Å²) in [5.74, 6) is -2.92. The van der Waals surface area contributed by atoms with Gasteiger partial charge in [0, 0.05) is 28.8 Å². The number of pyridine rings is 1. The average molecular weight is 473 g/mol. The molecule has 0 aliphatic heterocycles. The van der Waals surface area contributed by atoms with E-state index >= 15 is 4.39 Å². The first-order chi connectivity index (χ1) is 16.2. The van der Waals surface area contributed by atoms with E-state index in [0.29, 0.717) is 25.7 Å². The van der Waals surface area contributed by atoms with Crippen molar-refractivity contribution in [3.8, 4) is 16.9 Å². The van der Waals surface area contributed by atoms with Crippen molar-refractivity contribution in [2.24, 2.45) is 5.92 Å². The Morgan fingerprint density at radius 3 is 2.24 bits per heavy atom. The number of halogens is 4. The Hall–Kier alpha value is -3.42. The molecule has 1 saturated carbocycles. The zero-order valence-electron chi connectivity index (χ0n) is 18.2. The number of carboxylic acids is 1. The van der Waals surface area contributed by atoms with Gasteiger partial charge in [-0.1, -0.05) is 55.7 Å². The van der Waals surface area contributed by atoms with Crippen LogP contribution in [0.25, 0.3) is 11.1 Å². The summed E-state index contributed by atoms with van der Waals surface area (Å²) in [6.07, 6.45) is -0.857. The molecule has 3 aromatic rings. The molecular formula is C26H23F4NO3. The van der Waals surface area contributed by atoms with Crippen molar-refractivity contribution < 1.29 is 32.2 Å². The van der Waals surface area contributed by atoms with Crippen molar-refractivity contribution in [2.45, 2.75) is 43.9 Å². The predicted octanol–water partition coefficient (Wildman–Crippen LogP) is 7.00. The van der Waals surface area contributed by atoms with E-state index in [9.17, 15) is 18.0 Å². The van der Waals surface area contributed by atoms with Gasteiger partial charge in [0.25, 0.3) is 0 Å². The van der Waals surface area contributed by atoms with Gasteiger partial charge in [0.05, 0.1) is 0 Å². The highest BCUT2D eigenvalue weighted by Gasteiger charge is 2.63. The first-order valence-electron chi connectivity index (χ1n) is 11.0. The Kier molecular flexibility index (Phi) is 6.59. The number of carboxylic acid groups (broad SMARTS) is 1. The number of nitrogens with zero attached hydrogens (tertiary/aromatic N) is 1. The number of carbonyl (C=O) groups is 1. The molecule has 34 heavy (non-hydrogen) atoms. The summed E-state index contributed by atoms with van der Waals surface area (Å²) in [5.41, 5.74) is -2.95. The SMILES string of the molecule is O=C(O)c1ccc(-c2ccc(C(Oc3ccccc3)(C3CCCCC3)C(F)(F)F)cc2F)cn1. The molecule has 2 aromatic carbocycles. The molecule has 0 radical (unpaired) electrons. The number of aromatic carboxylic acids is 1. The Morgan fingerprint density at radius 1 is 0.971 bits per heavy atom. The lowest BCUT2D eigenvalue weighted by Crippen LogP contribution is -2.53. The van der Waals surface area contributed by atoms with Crippen molar-refractivity contribution >= 4 is 5.97 Å². The maximum Gasteiger partial charge on any atom is 0.432 e. The molecular weight excluding hydrogens is 450 g/mol. The predicted molar refractivity (Wildman–Crippen MR) is 118 cm³/mol. The molecule has 0 amide bonds. The second kappa shape index (κ2) is 9.44. The Labute approximate surface area is 194 Å². The van der Waals surface area contributed by atoms with Gasteiger partial charge in [-0.05, 0) is 37.1 Å². The summed E-state index contributed by atoms with van der Waals surface area (Å²) in [6, 6.07) is 13.8. The van der Waals surface area contributed by atoms with Gasteiger partial charge in [0.1, 0.15) is 17.3 Å². The van der Waals surface area contributed by atoms with Gasteiger partial charge in [-0.3, -0.25) is 0 Å². The van der Waals surface area contributed by atoms with Gasteiger partial charge in [-0.2, -0.15) is 13.2 Å². The van der Waals surface area contributed by atoms with Crippen molar-refractivity contribution in [3.63, 3.8) is 0 Å². The summed E-state index contributed by atoms with van der Waals surface area (Å²) in [7, 11) is 0. The summed E-state index contributed by atoms with van der Waals surface area (Å²) in [5, 5.41) is 8.99. The van der Waals surface area contributed by atoms with Crippen LogP contribution in [0.15, 0.2) is 66.9 Å². The van der Waals surface area contributed by atoms with Crippen molar-refractivity contribution in [1.82, 2.24) is 4.98 Å². The highest BCUT2D eigenvalue weighted by Crippen LogP contribution is 2.52. The van der Waals surface area contributed by atoms with Gasteiger partial charge in [0.15, 0.2) is 0 Å². The third kappa shape index (κ3) is 4.49. The topological polar surface area (TPSA) is 59.4 Å². The Balaban J connectivity index is 1.82. The minimum Gasteiger partial charge on any atom is -0.477 e. The lowest BCUT2D eigenvalue weighted by molar-refractivity contribution is -0.278. The van der Waals surface area contributed by atoms with Gasteiger partial charge < -0.3 is 9.84 Å². The van der Waals surface area contributed by atoms with E-state index < -0.39 is 29.5 Å². The number of ether oxygens (including phenoxy) is 1. The maximum atomic E-state index is 15.3. The Bertz CT molecular complexity index is 1140. The minimum absolute atomic E-state index is 0.0209. The molecule has 1 aliphatic rings. The van der Waals surface area contributed by atoms with Crippen LogP contribution in [0.1, 0.15) is 48.2 Å². The molecule has 0 saturated heterocycles. The standard InChI is InChI=1S/C26H23F4NO3/c27-22-15-19(12-13-21(22)17-11-14-23(24(32)33)31-16-17)25(26(28,29)30,18-7-3-1-4-8-18)34-20-9-5-2-6-10-20/h2,5-6,9-16,18H,1,3-4,7-8H2,(H,32,33). The zero-order valence-corrected chi connectivity index (χ0v) is 18.2. The maximum absolute atomic E-state index is 15.3. The number of benzene rings is 2. The van der Waals surface area contributed by atoms with Crippen LogP contribution in [-0.2, 0) is 5.60 Å². The van der Waals surface area contributed by atoms with Crippen LogP contribution < -0.4 is 4.74 Å². The number of para-hydroxylation sites is 1. The van der Waals surface area contributed by atoms with Crippen LogP contribution in [-0.4, -0.2) is 22.2 Å². The lowest BCUT2D eigenvalue weighted by Gasteiger charge is -2.44. The number of hydrogen-bond acceptors (Lipinski definition) is 3.